The van der Waals surface area contributed by atoms with Crippen LogP contribution in [-0.4, -0.2) is 29.4 Å². The van der Waals surface area contributed by atoms with E-state index in [9.17, 15) is 9.59 Å². The van der Waals surface area contributed by atoms with Crippen LogP contribution in [0.1, 0.15) is 59.3 Å². The maximum absolute atomic E-state index is 11.7. The summed E-state index contributed by atoms with van der Waals surface area (Å²) >= 11 is 0. The Morgan fingerprint density at radius 1 is 1.25 bits per heavy atom. The van der Waals surface area contributed by atoms with Gasteiger partial charge in [0, 0.05) is 6.04 Å². The number of hydrogen-bond acceptors (Lipinski definition) is 4. The van der Waals surface area contributed by atoms with E-state index in [1.54, 1.807) is 6.08 Å². The highest BCUT2D eigenvalue weighted by atomic mass is 16.6. The largest absolute Gasteiger partial charge is 0.444 e. The highest BCUT2D eigenvalue weighted by Crippen LogP contribution is 2.51. The lowest BCUT2D eigenvalue weighted by molar-refractivity contribution is 0.0485. The quantitative estimate of drug-likeness (QED) is 0.638. The fourth-order valence-corrected chi connectivity index (χ4v) is 3.08. The van der Waals surface area contributed by atoms with Crippen LogP contribution in [0, 0.1) is 5.92 Å². The summed E-state index contributed by atoms with van der Waals surface area (Å²) in [5.41, 5.74) is -0.573. The second kappa shape index (κ2) is 5.57. The van der Waals surface area contributed by atoms with E-state index >= 15 is 0 Å². The Morgan fingerprint density at radius 2 is 1.85 bits per heavy atom. The van der Waals surface area contributed by atoms with Crippen LogP contribution in [0.5, 0.6) is 0 Å². The molecule has 2 aliphatic carbocycles. The van der Waals surface area contributed by atoms with Crippen LogP contribution in [0.15, 0.2) is 4.99 Å². The first-order valence-electron chi connectivity index (χ1n) is 7.43. The molecule has 1 N–H and O–H groups in total. The van der Waals surface area contributed by atoms with Crippen molar-refractivity contribution in [3.8, 4) is 0 Å². The number of amides is 1. The molecule has 0 unspecified atom stereocenters. The summed E-state index contributed by atoms with van der Waals surface area (Å²) in [5.74, 6) is 0.473. The number of hydrogen-bond donors (Lipinski definition) is 1. The van der Waals surface area contributed by atoms with E-state index in [1.807, 2.05) is 20.8 Å². The second-order valence-electron chi connectivity index (χ2n) is 7.00. The number of aliphatic imine (C=N–C) groups is 1. The number of nitrogens with zero attached hydrogens (tertiary/aromatic N) is 1. The minimum atomic E-state index is -0.460. The zero-order valence-electron chi connectivity index (χ0n) is 12.6. The molecule has 0 atom stereocenters. The number of nitrogens with one attached hydrogen (secondary N) is 1. The number of carbonyl (C=O) groups is 1. The summed E-state index contributed by atoms with van der Waals surface area (Å²) < 4.78 is 5.27. The van der Waals surface area contributed by atoms with E-state index in [1.165, 1.54) is 0 Å². The van der Waals surface area contributed by atoms with Crippen LogP contribution in [0.3, 0.4) is 0 Å². The molecule has 112 valence electrons. The molecular formula is C15H24N2O3. The molecule has 2 fully saturated rings. The van der Waals surface area contributed by atoms with Gasteiger partial charge in [0.1, 0.15) is 5.60 Å². The molecular weight excluding hydrogens is 256 g/mol. The lowest BCUT2D eigenvalue weighted by Crippen LogP contribution is -2.42. The molecule has 0 radical (unpaired) electrons. The molecule has 0 heterocycles. The first kappa shape index (κ1) is 15.0. The molecule has 5 nitrogen and oxygen atoms in total. The highest BCUT2D eigenvalue weighted by molar-refractivity contribution is 5.68. The van der Waals surface area contributed by atoms with Crippen molar-refractivity contribution in [2.45, 2.75) is 76.5 Å². The Labute approximate surface area is 120 Å². The minimum absolute atomic E-state index is 0.112. The summed E-state index contributed by atoms with van der Waals surface area (Å²) in [7, 11) is 0. The predicted octanol–water partition coefficient (Wildman–Crippen LogP) is 2.94. The van der Waals surface area contributed by atoms with Gasteiger partial charge >= 0.3 is 6.09 Å². The van der Waals surface area contributed by atoms with Crippen molar-refractivity contribution < 1.29 is 14.3 Å². The van der Waals surface area contributed by atoms with Gasteiger partial charge in [0.05, 0.1) is 5.54 Å². The average molecular weight is 280 g/mol. The van der Waals surface area contributed by atoms with E-state index in [0.717, 1.165) is 38.5 Å². The van der Waals surface area contributed by atoms with Crippen LogP contribution in [-0.2, 0) is 9.53 Å². The van der Waals surface area contributed by atoms with E-state index < -0.39 is 5.60 Å². The minimum Gasteiger partial charge on any atom is -0.444 e. The Balaban J connectivity index is 1.77. The third kappa shape index (κ3) is 3.83. The Hall–Kier alpha value is -1.35. The third-order valence-corrected chi connectivity index (χ3v) is 4.24. The van der Waals surface area contributed by atoms with Crippen LogP contribution in [0.2, 0.25) is 0 Å². The van der Waals surface area contributed by atoms with Gasteiger partial charge in [-0.3, -0.25) is 0 Å². The summed E-state index contributed by atoms with van der Waals surface area (Å²) in [5, 5.41) is 2.93. The summed E-state index contributed by atoms with van der Waals surface area (Å²) in [6.45, 7) is 5.58. The van der Waals surface area contributed by atoms with Crippen LogP contribution < -0.4 is 5.32 Å². The maximum atomic E-state index is 11.7. The van der Waals surface area contributed by atoms with Crippen molar-refractivity contribution in [1.82, 2.24) is 5.32 Å². The topological polar surface area (TPSA) is 67.8 Å². The Kier molecular flexibility index (Phi) is 4.19. The lowest BCUT2D eigenvalue weighted by atomic mass is 9.80. The van der Waals surface area contributed by atoms with E-state index in [4.69, 9.17) is 4.74 Å². The molecule has 0 aliphatic heterocycles. The molecule has 0 spiro atoms. The number of rotatable bonds is 3. The van der Waals surface area contributed by atoms with Gasteiger partial charge in [-0.05, 0) is 65.2 Å². The number of alkyl carbamates (subject to hydrolysis) is 1. The molecule has 5 heteroatoms. The zero-order valence-corrected chi connectivity index (χ0v) is 12.6. The molecule has 0 saturated heterocycles. The van der Waals surface area contributed by atoms with Crippen molar-refractivity contribution in [1.29, 1.82) is 0 Å². The van der Waals surface area contributed by atoms with Crippen LogP contribution in [0.25, 0.3) is 0 Å². The fourth-order valence-electron chi connectivity index (χ4n) is 3.08. The molecule has 0 aromatic rings. The summed E-state index contributed by atoms with van der Waals surface area (Å²) in [6, 6.07) is 0.178. The second-order valence-corrected chi connectivity index (χ2v) is 7.00. The lowest BCUT2D eigenvalue weighted by Gasteiger charge is -2.32. The van der Waals surface area contributed by atoms with Gasteiger partial charge in [-0.25, -0.2) is 9.59 Å². The van der Waals surface area contributed by atoms with E-state index in [0.29, 0.717) is 5.92 Å². The van der Waals surface area contributed by atoms with Crippen LogP contribution in [0.4, 0.5) is 4.79 Å². The average Bonchev–Trinajstić information content (AvgIpc) is 3.09. The molecule has 0 aromatic heterocycles. The first-order valence-corrected chi connectivity index (χ1v) is 7.43. The molecule has 0 aromatic carbocycles. The summed E-state index contributed by atoms with van der Waals surface area (Å²) in [4.78, 5) is 26.2. The van der Waals surface area contributed by atoms with Crippen molar-refractivity contribution in [3.63, 3.8) is 0 Å². The Morgan fingerprint density at radius 3 is 2.30 bits per heavy atom. The molecule has 20 heavy (non-hydrogen) atoms. The van der Waals surface area contributed by atoms with Gasteiger partial charge in [0.15, 0.2) is 0 Å². The van der Waals surface area contributed by atoms with Crippen molar-refractivity contribution in [3.05, 3.63) is 0 Å². The maximum Gasteiger partial charge on any atom is 0.407 e. The molecule has 0 bridgehead atoms. The van der Waals surface area contributed by atoms with Gasteiger partial charge in [-0.15, -0.1) is 0 Å². The normalized spacial score (nSPS) is 28.1. The summed E-state index contributed by atoms with van der Waals surface area (Å²) in [6.07, 6.45) is 7.28. The van der Waals surface area contributed by atoms with Crippen molar-refractivity contribution in [2.75, 3.05) is 0 Å². The fraction of sp³-hybridized carbons (Fsp3) is 0.867. The monoisotopic (exact) mass is 280 g/mol. The molecule has 2 aliphatic rings. The number of isocyanates is 1. The first-order chi connectivity index (χ1) is 9.35. The number of carbonyl (C=O) groups excluding carboxylic acids is 2. The zero-order chi connectivity index (χ0) is 14.8. The SMILES string of the molecule is CC(C)(C)OC(=O)NC1CCC(C2(N=C=O)CC2)CC1. The van der Waals surface area contributed by atoms with Crippen molar-refractivity contribution in [2.24, 2.45) is 10.9 Å². The van der Waals surface area contributed by atoms with Gasteiger partial charge in [0.25, 0.3) is 0 Å². The Bertz CT molecular complexity index is 409. The highest BCUT2D eigenvalue weighted by Gasteiger charge is 2.50. The molecule has 1 amide bonds. The number of ether oxygens (including phenoxy) is 1. The van der Waals surface area contributed by atoms with Gasteiger partial charge in [-0.2, -0.15) is 4.99 Å². The smallest absolute Gasteiger partial charge is 0.407 e. The van der Waals surface area contributed by atoms with Gasteiger partial charge in [0.2, 0.25) is 6.08 Å². The molecule has 2 saturated carbocycles. The third-order valence-electron chi connectivity index (χ3n) is 4.24. The predicted molar refractivity (Wildman–Crippen MR) is 75.2 cm³/mol. The van der Waals surface area contributed by atoms with Crippen molar-refractivity contribution >= 4 is 12.2 Å². The van der Waals surface area contributed by atoms with Gasteiger partial charge < -0.3 is 10.1 Å². The van der Waals surface area contributed by atoms with E-state index in [-0.39, 0.29) is 17.7 Å². The molecule has 2 rings (SSSR count). The van der Waals surface area contributed by atoms with Gasteiger partial charge in [-0.1, -0.05) is 0 Å². The van der Waals surface area contributed by atoms with Crippen LogP contribution >= 0.6 is 0 Å². The standard InChI is InChI=1S/C15H24N2O3/c1-14(2,3)20-13(19)17-12-6-4-11(5-7-12)15(8-9-15)16-10-18/h11-12H,4-9H2,1-3H3,(H,17,19). The van der Waals surface area contributed by atoms with E-state index in [2.05, 4.69) is 10.3 Å².